The standard InChI is InChI=1S/C28H56NO2/c1-5-8-10-11-12-13-14-15-16-17-18-19-20-21-22-23-25-29-27(30)31-26-28(4,7-3)24-9-6-2/h4-26H2,1-3H3,(H,29,30). The van der Waals surface area contributed by atoms with Gasteiger partial charge in [-0.05, 0) is 26.2 Å². The second-order valence-corrected chi connectivity index (χ2v) is 9.76. The molecule has 0 aromatic rings. The number of unbranched alkanes of at least 4 members (excludes halogenated alkanes) is 16. The Morgan fingerprint density at radius 3 is 1.52 bits per heavy atom. The van der Waals surface area contributed by atoms with Crippen LogP contribution in [0.3, 0.4) is 0 Å². The van der Waals surface area contributed by atoms with E-state index in [9.17, 15) is 4.79 Å². The van der Waals surface area contributed by atoms with Crippen LogP contribution in [0, 0.1) is 12.3 Å². The topological polar surface area (TPSA) is 38.3 Å². The number of hydrogen-bond donors (Lipinski definition) is 1. The molecule has 0 saturated heterocycles. The molecule has 1 unspecified atom stereocenters. The highest BCUT2D eigenvalue weighted by Crippen LogP contribution is 2.27. The molecule has 1 atom stereocenters. The fourth-order valence-electron chi connectivity index (χ4n) is 4.04. The van der Waals surface area contributed by atoms with Crippen molar-refractivity contribution in [1.82, 2.24) is 5.32 Å². The summed E-state index contributed by atoms with van der Waals surface area (Å²) in [6, 6.07) is 0. The van der Waals surface area contributed by atoms with Crippen LogP contribution in [-0.2, 0) is 4.74 Å². The Morgan fingerprint density at radius 1 is 0.677 bits per heavy atom. The Morgan fingerprint density at radius 2 is 1.10 bits per heavy atom. The molecule has 3 nitrogen and oxygen atoms in total. The fourth-order valence-corrected chi connectivity index (χ4v) is 4.04. The maximum absolute atomic E-state index is 11.9. The summed E-state index contributed by atoms with van der Waals surface area (Å²) >= 11 is 0. The third-order valence-corrected chi connectivity index (χ3v) is 6.62. The highest BCUT2D eigenvalue weighted by Gasteiger charge is 2.23. The van der Waals surface area contributed by atoms with Crippen molar-refractivity contribution in [1.29, 1.82) is 0 Å². The van der Waals surface area contributed by atoms with Gasteiger partial charge in [0.25, 0.3) is 0 Å². The Bertz CT molecular complexity index is 385. The summed E-state index contributed by atoms with van der Waals surface area (Å²) in [7, 11) is 0. The minimum atomic E-state index is -0.279. The largest absolute Gasteiger partial charge is 0.449 e. The molecule has 0 bridgehead atoms. The van der Waals surface area contributed by atoms with E-state index < -0.39 is 0 Å². The van der Waals surface area contributed by atoms with E-state index in [0.29, 0.717) is 6.61 Å². The monoisotopic (exact) mass is 438 g/mol. The number of amides is 1. The maximum atomic E-state index is 11.9. The first-order valence-electron chi connectivity index (χ1n) is 13.8. The van der Waals surface area contributed by atoms with Gasteiger partial charge in [0.05, 0.1) is 6.61 Å². The number of nitrogens with one attached hydrogen (secondary N) is 1. The number of alkyl carbamates (subject to hydrolysis) is 1. The minimum Gasteiger partial charge on any atom is -0.449 e. The van der Waals surface area contributed by atoms with Crippen molar-refractivity contribution in [2.75, 3.05) is 13.2 Å². The number of carbonyl (C=O) groups excluding carboxylic acids is 1. The summed E-state index contributed by atoms with van der Waals surface area (Å²) in [6.45, 7) is 12.0. The molecule has 0 aliphatic heterocycles. The van der Waals surface area contributed by atoms with E-state index >= 15 is 0 Å². The van der Waals surface area contributed by atoms with Crippen LogP contribution in [0.4, 0.5) is 4.79 Å². The minimum absolute atomic E-state index is 0.123. The molecule has 0 heterocycles. The number of hydrogen-bond acceptors (Lipinski definition) is 2. The van der Waals surface area contributed by atoms with Gasteiger partial charge in [-0.15, -0.1) is 0 Å². The molecule has 3 heteroatoms. The first kappa shape index (κ1) is 30.3. The molecule has 1 N–H and O–H groups in total. The van der Waals surface area contributed by atoms with Gasteiger partial charge in [0.2, 0.25) is 0 Å². The van der Waals surface area contributed by atoms with E-state index in [4.69, 9.17) is 4.74 Å². The van der Waals surface area contributed by atoms with Gasteiger partial charge in [-0.3, -0.25) is 0 Å². The summed E-state index contributed by atoms with van der Waals surface area (Å²) in [6.07, 6.45) is 25.8. The average molecular weight is 439 g/mol. The lowest BCUT2D eigenvalue weighted by Gasteiger charge is -2.27. The zero-order valence-corrected chi connectivity index (χ0v) is 21.6. The van der Waals surface area contributed by atoms with Gasteiger partial charge in [-0.25, -0.2) is 4.79 Å². The van der Waals surface area contributed by atoms with E-state index in [-0.39, 0.29) is 11.5 Å². The van der Waals surface area contributed by atoms with Crippen LogP contribution in [0.2, 0.25) is 0 Å². The molecule has 185 valence electrons. The zero-order chi connectivity index (χ0) is 23.0. The number of carbonyl (C=O) groups is 1. The van der Waals surface area contributed by atoms with Crippen molar-refractivity contribution in [3.8, 4) is 0 Å². The summed E-state index contributed by atoms with van der Waals surface area (Å²) in [5.41, 5.74) is -0.123. The van der Waals surface area contributed by atoms with E-state index in [0.717, 1.165) is 38.6 Å². The number of ether oxygens (including phenoxy) is 1. The summed E-state index contributed by atoms with van der Waals surface area (Å²) in [4.78, 5) is 11.9. The first-order chi connectivity index (χ1) is 15.1. The lowest BCUT2D eigenvalue weighted by molar-refractivity contribution is 0.0947. The van der Waals surface area contributed by atoms with Crippen LogP contribution >= 0.6 is 0 Å². The van der Waals surface area contributed by atoms with E-state index in [1.54, 1.807) is 0 Å². The molecule has 0 rings (SSSR count). The normalized spacial score (nSPS) is 13.2. The van der Waals surface area contributed by atoms with Crippen LogP contribution in [0.1, 0.15) is 149 Å². The first-order valence-corrected chi connectivity index (χ1v) is 13.8. The van der Waals surface area contributed by atoms with Crippen molar-refractivity contribution in [2.45, 2.75) is 149 Å². The lowest BCUT2D eigenvalue weighted by Crippen LogP contribution is -2.31. The lowest BCUT2D eigenvalue weighted by atomic mass is 9.83. The Labute approximate surface area is 195 Å². The Hall–Kier alpha value is -0.730. The van der Waals surface area contributed by atoms with Crippen LogP contribution < -0.4 is 5.32 Å². The van der Waals surface area contributed by atoms with Crippen LogP contribution in [0.25, 0.3) is 0 Å². The van der Waals surface area contributed by atoms with E-state index in [1.165, 1.54) is 96.3 Å². The third kappa shape index (κ3) is 20.9. The van der Waals surface area contributed by atoms with Gasteiger partial charge in [0, 0.05) is 12.0 Å². The third-order valence-electron chi connectivity index (χ3n) is 6.62. The molecule has 31 heavy (non-hydrogen) atoms. The van der Waals surface area contributed by atoms with Crippen LogP contribution in [-0.4, -0.2) is 19.2 Å². The van der Waals surface area contributed by atoms with Crippen LogP contribution in [0.15, 0.2) is 0 Å². The molecule has 1 radical (unpaired) electrons. The molecule has 0 aliphatic carbocycles. The summed E-state index contributed by atoms with van der Waals surface area (Å²) in [5.74, 6) is 0. The second-order valence-electron chi connectivity index (χ2n) is 9.76. The zero-order valence-electron chi connectivity index (χ0n) is 21.6. The second kappa shape index (κ2) is 22.5. The SMILES string of the molecule is [CH2]C(CC)(CCCC)COC(=O)NCCCCCCCCCCCCCCCCCC. The van der Waals surface area contributed by atoms with Gasteiger partial charge in [0.1, 0.15) is 0 Å². The van der Waals surface area contributed by atoms with Crippen molar-refractivity contribution in [3.05, 3.63) is 6.92 Å². The highest BCUT2D eigenvalue weighted by molar-refractivity contribution is 5.67. The maximum Gasteiger partial charge on any atom is 0.407 e. The van der Waals surface area contributed by atoms with Crippen molar-refractivity contribution in [3.63, 3.8) is 0 Å². The van der Waals surface area contributed by atoms with E-state index in [1.807, 2.05) is 0 Å². The van der Waals surface area contributed by atoms with Gasteiger partial charge in [-0.1, -0.05) is 130 Å². The smallest absolute Gasteiger partial charge is 0.407 e. The van der Waals surface area contributed by atoms with E-state index in [2.05, 4.69) is 33.0 Å². The van der Waals surface area contributed by atoms with Crippen molar-refractivity contribution >= 4 is 6.09 Å². The average Bonchev–Trinajstić information content (AvgIpc) is 2.78. The van der Waals surface area contributed by atoms with Crippen molar-refractivity contribution < 1.29 is 9.53 Å². The molecule has 1 amide bonds. The predicted octanol–water partition coefficient (Wildman–Crippen LogP) is 9.39. The fraction of sp³-hybridized carbons (Fsp3) is 0.929. The van der Waals surface area contributed by atoms with Gasteiger partial charge < -0.3 is 10.1 Å². The quantitative estimate of drug-likeness (QED) is 0.161. The molecule has 0 saturated carbocycles. The Balaban J connectivity index is 3.34. The predicted molar refractivity (Wildman–Crippen MR) is 137 cm³/mol. The van der Waals surface area contributed by atoms with Gasteiger partial charge in [0.15, 0.2) is 0 Å². The molecule has 0 spiro atoms. The summed E-state index contributed by atoms with van der Waals surface area (Å²) < 4.78 is 5.41. The molecule has 0 aromatic heterocycles. The van der Waals surface area contributed by atoms with Gasteiger partial charge >= 0.3 is 6.09 Å². The highest BCUT2D eigenvalue weighted by atomic mass is 16.5. The Kier molecular flexibility index (Phi) is 21.9. The molecule has 0 fully saturated rings. The van der Waals surface area contributed by atoms with Gasteiger partial charge in [-0.2, -0.15) is 0 Å². The summed E-state index contributed by atoms with van der Waals surface area (Å²) in [5, 5.41) is 2.90. The number of rotatable bonds is 23. The molecule has 0 aliphatic rings. The van der Waals surface area contributed by atoms with Crippen LogP contribution in [0.5, 0.6) is 0 Å². The molecular weight excluding hydrogens is 382 g/mol. The van der Waals surface area contributed by atoms with Crippen molar-refractivity contribution in [2.24, 2.45) is 5.41 Å². The molecular formula is C28H56NO2. The molecule has 0 aromatic carbocycles.